The van der Waals surface area contributed by atoms with Gasteiger partial charge in [-0.3, -0.25) is 4.98 Å². The molecule has 8 aromatic rings. The molecule has 0 unspecified atom stereocenters. The van der Waals surface area contributed by atoms with Crippen LogP contribution in [0.1, 0.15) is 41.4 Å². The SMILES string of the molecule is C1=Cc2c(ccnc2C2=CC[C@@H](c3nc(-c4cc5ccccc5c5ccccc45)cc(-c4cc5ccccc5c5ccccc45)n3)C=C2)CC1. The Kier molecular flexibility index (Phi) is 6.76. The highest BCUT2D eigenvalue weighted by Gasteiger charge is 2.22. The first-order valence-electron chi connectivity index (χ1n) is 17.5. The third-order valence-corrected chi connectivity index (χ3v) is 10.5. The highest BCUT2D eigenvalue weighted by atomic mass is 14.9. The average molecular weight is 640 g/mol. The Bertz CT molecular complexity index is 2610. The van der Waals surface area contributed by atoms with Crippen LogP contribution in [0.2, 0.25) is 0 Å². The second kappa shape index (κ2) is 11.7. The van der Waals surface area contributed by atoms with Crippen LogP contribution < -0.4 is 0 Å². The zero-order valence-electron chi connectivity index (χ0n) is 27.6. The number of hydrogen-bond acceptors (Lipinski definition) is 3. The molecule has 0 amide bonds. The van der Waals surface area contributed by atoms with E-state index < -0.39 is 0 Å². The predicted octanol–water partition coefficient (Wildman–Crippen LogP) is 11.9. The second-order valence-electron chi connectivity index (χ2n) is 13.4. The smallest absolute Gasteiger partial charge is 0.136 e. The minimum atomic E-state index is 0.0333. The summed E-state index contributed by atoms with van der Waals surface area (Å²) >= 11 is 0. The Morgan fingerprint density at radius 3 is 1.74 bits per heavy atom. The van der Waals surface area contributed by atoms with Crippen LogP contribution in [0.3, 0.4) is 0 Å². The lowest BCUT2D eigenvalue weighted by Crippen LogP contribution is -2.08. The van der Waals surface area contributed by atoms with Crippen LogP contribution in [0.25, 0.3) is 77.3 Å². The Morgan fingerprint density at radius 1 is 0.560 bits per heavy atom. The largest absolute Gasteiger partial charge is 0.256 e. The van der Waals surface area contributed by atoms with E-state index in [1.165, 1.54) is 59.8 Å². The zero-order chi connectivity index (χ0) is 33.0. The number of nitrogens with zero attached hydrogens (tertiary/aromatic N) is 3. The summed E-state index contributed by atoms with van der Waals surface area (Å²) in [6, 6.07) is 43.7. The molecule has 0 saturated carbocycles. The van der Waals surface area contributed by atoms with Crippen molar-refractivity contribution in [2.45, 2.75) is 25.2 Å². The minimum Gasteiger partial charge on any atom is -0.256 e. The standard InChI is InChI=1S/C47H33N3/c1-6-16-37-30(11-1)25-26-48-46(37)31-21-23-32(24-22-31)47-49-44(42-27-33-12-2-4-14-35(33)38-17-7-9-19-40(38)42)29-45(50-47)43-28-34-13-3-5-15-36(34)39-18-8-10-20-41(39)43/h2-10,12-23,25-29,32H,1,11,24H2/t32-/m0/s1. The van der Waals surface area contributed by atoms with Gasteiger partial charge in [-0.05, 0) is 97.8 Å². The summed E-state index contributed by atoms with van der Waals surface area (Å²) in [4.78, 5) is 15.6. The molecular formula is C47H33N3. The van der Waals surface area contributed by atoms with E-state index in [1.54, 1.807) is 0 Å². The number of rotatable bonds is 4. The third kappa shape index (κ3) is 4.77. The zero-order valence-corrected chi connectivity index (χ0v) is 27.6. The van der Waals surface area contributed by atoms with E-state index in [0.717, 1.165) is 53.3 Å². The topological polar surface area (TPSA) is 38.7 Å². The molecule has 10 rings (SSSR count). The van der Waals surface area contributed by atoms with Crippen molar-refractivity contribution < 1.29 is 0 Å². The van der Waals surface area contributed by atoms with Gasteiger partial charge in [0, 0.05) is 28.8 Å². The molecule has 0 saturated heterocycles. The van der Waals surface area contributed by atoms with Gasteiger partial charge in [0.1, 0.15) is 5.82 Å². The van der Waals surface area contributed by atoms with E-state index in [-0.39, 0.29) is 5.92 Å². The lowest BCUT2D eigenvalue weighted by molar-refractivity contribution is 0.777. The molecule has 0 N–H and O–H groups in total. The number of pyridine rings is 1. The van der Waals surface area contributed by atoms with Crippen LogP contribution in [0.5, 0.6) is 0 Å². The Morgan fingerprint density at radius 2 is 1.14 bits per heavy atom. The van der Waals surface area contributed by atoms with Crippen molar-refractivity contribution in [2.75, 3.05) is 0 Å². The van der Waals surface area contributed by atoms with Gasteiger partial charge in [-0.15, -0.1) is 0 Å². The molecule has 2 aliphatic rings. The van der Waals surface area contributed by atoms with E-state index >= 15 is 0 Å². The Balaban J connectivity index is 1.17. The van der Waals surface area contributed by atoms with E-state index in [2.05, 4.69) is 152 Å². The van der Waals surface area contributed by atoms with Crippen LogP contribution in [-0.2, 0) is 6.42 Å². The first-order chi connectivity index (χ1) is 24.8. The summed E-state index contributed by atoms with van der Waals surface area (Å²) in [6.07, 6.45) is 16.2. The van der Waals surface area contributed by atoms with Crippen LogP contribution >= 0.6 is 0 Å². The molecule has 50 heavy (non-hydrogen) atoms. The number of allylic oxidation sites excluding steroid dienone is 5. The van der Waals surface area contributed by atoms with Gasteiger partial charge in [-0.2, -0.15) is 0 Å². The fraction of sp³-hybridized carbons (Fsp3) is 0.0851. The monoisotopic (exact) mass is 639 g/mol. The molecule has 1 atom stereocenters. The average Bonchev–Trinajstić information content (AvgIpc) is 3.20. The first-order valence-corrected chi connectivity index (χ1v) is 17.5. The summed E-state index contributed by atoms with van der Waals surface area (Å²) in [5.41, 5.74) is 8.98. The predicted molar refractivity (Wildman–Crippen MR) is 209 cm³/mol. The van der Waals surface area contributed by atoms with E-state index in [4.69, 9.17) is 15.0 Å². The molecule has 2 aromatic heterocycles. The van der Waals surface area contributed by atoms with Crippen molar-refractivity contribution >= 4 is 54.7 Å². The fourth-order valence-corrected chi connectivity index (χ4v) is 8.01. The van der Waals surface area contributed by atoms with Gasteiger partial charge < -0.3 is 0 Å². The normalized spacial score (nSPS) is 15.5. The molecule has 0 bridgehead atoms. The van der Waals surface area contributed by atoms with E-state index in [9.17, 15) is 0 Å². The van der Waals surface area contributed by atoms with E-state index in [0.29, 0.717) is 0 Å². The van der Waals surface area contributed by atoms with Crippen molar-refractivity contribution in [1.82, 2.24) is 15.0 Å². The fourth-order valence-electron chi connectivity index (χ4n) is 8.01. The molecule has 0 fully saturated rings. The van der Waals surface area contributed by atoms with Crippen molar-refractivity contribution in [3.8, 4) is 22.5 Å². The van der Waals surface area contributed by atoms with Gasteiger partial charge in [0.15, 0.2) is 0 Å². The van der Waals surface area contributed by atoms with Gasteiger partial charge >= 0.3 is 0 Å². The van der Waals surface area contributed by atoms with Gasteiger partial charge in [0.2, 0.25) is 0 Å². The van der Waals surface area contributed by atoms with Crippen LogP contribution in [-0.4, -0.2) is 15.0 Å². The van der Waals surface area contributed by atoms with Crippen molar-refractivity contribution in [2.24, 2.45) is 0 Å². The minimum absolute atomic E-state index is 0.0333. The maximum atomic E-state index is 5.40. The van der Waals surface area contributed by atoms with Crippen LogP contribution in [0.4, 0.5) is 0 Å². The molecule has 236 valence electrons. The highest BCUT2D eigenvalue weighted by Crippen LogP contribution is 2.40. The molecule has 3 heteroatoms. The van der Waals surface area contributed by atoms with Crippen LogP contribution in [0, 0.1) is 0 Å². The highest BCUT2D eigenvalue weighted by molar-refractivity contribution is 6.15. The van der Waals surface area contributed by atoms with Gasteiger partial charge in [0.25, 0.3) is 0 Å². The van der Waals surface area contributed by atoms with Gasteiger partial charge in [-0.25, -0.2) is 9.97 Å². The maximum absolute atomic E-state index is 5.40. The van der Waals surface area contributed by atoms with Gasteiger partial charge in [0.05, 0.1) is 17.1 Å². The molecule has 0 radical (unpaired) electrons. The number of fused-ring (bicyclic) bond motifs is 7. The lowest BCUT2D eigenvalue weighted by atomic mass is 9.89. The van der Waals surface area contributed by atoms with Gasteiger partial charge in [-0.1, -0.05) is 127 Å². The van der Waals surface area contributed by atoms with E-state index in [1.807, 2.05) is 6.20 Å². The summed E-state index contributed by atoms with van der Waals surface area (Å²) in [6.45, 7) is 0. The Hall–Kier alpha value is -6.19. The molecule has 6 aromatic carbocycles. The summed E-state index contributed by atoms with van der Waals surface area (Å²) in [5.74, 6) is 0.868. The van der Waals surface area contributed by atoms with Crippen molar-refractivity contribution in [3.05, 3.63) is 174 Å². The maximum Gasteiger partial charge on any atom is 0.136 e. The number of hydrogen-bond donors (Lipinski definition) is 0. The lowest BCUT2D eigenvalue weighted by Gasteiger charge is -2.20. The van der Waals surface area contributed by atoms with Crippen LogP contribution in [0.15, 0.2) is 152 Å². The summed E-state index contributed by atoms with van der Waals surface area (Å²) in [5, 5.41) is 9.77. The molecule has 0 spiro atoms. The van der Waals surface area contributed by atoms with Crippen molar-refractivity contribution in [1.29, 1.82) is 0 Å². The number of aromatic nitrogens is 3. The summed E-state index contributed by atoms with van der Waals surface area (Å²) < 4.78 is 0. The second-order valence-corrected chi connectivity index (χ2v) is 13.4. The molecule has 3 nitrogen and oxygen atoms in total. The molecule has 2 aliphatic carbocycles. The number of benzene rings is 6. The molecular weight excluding hydrogens is 607 g/mol. The molecule has 0 aliphatic heterocycles. The quantitative estimate of drug-likeness (QED) is 0.180. The number of aryl methyl sites for hydroxylation is 1. The third-order valence-electron chi connectivity index (χ3n) is 10.5. The Labute approximate surface area is 291 Å². The molecule has 2 heterocycles. The van der Waals surface area contributed by atoms with Crippen molar-refractivity contribution in [3.63, 3.8) is 0 Å². The first kappa shape index (κ1) is 28.8. The summed E-state index contributed by atoms with van der Waals surface area (Å²) in [7, 11) is 0.